The van der Waals surface area contributed by atoms with Crippen LogP contribution in [0.4, 0.5) is 4.79 Å². The van der Waals surface area contributed by atoms with E-state index in [1.807, 2.05) is 0 Å². The zero-order valence-electron chi connectivity index (χ0n) is 14.2. The van der Waals surface area contributed by atoms with E-state index in [1.54, 1.807) is 20.8 Å². The van der Waals surface area contributed by atoms with Gasteiger partial charge in [-0.25, -0.2) is 4.79 Å². The number of nitrogens with one attached hydrogen (secondary N) is 1. The maximum atomic E-state index is 11.8. The summed E-state index contributed by atoms with van der Waals surface area (Å²) in [4.78, 5) is 36.2. The summed E-state index contributed by atoms with van der Waals surface area (Å²) in [7, 11) is 2.53. The normalized spacial score (nSPS) is 12.5. The Morgan fingerprint density at radius 3 is 1.91 bits per heavy atom. The number of methoxy groups -OCH3 is 2. The van der Waals surface area contributed by atoms with Crippen molar-refractivity contribution >= 4 is 34.0 Å². The summed E-state index contributed by atoms with van der Waals surface area (Å²) in [6.45, 7) is 5.34. The molecule has 0 aliphatic rings. The van der Waals surface area contributed by atoms with Gasteiger partial charge in [0.15, 0.2) is 0 Å². The van der Waals surface area contributed by atoms with Gasteiger partial charge in [0, 0.05) is 11.9 Å². The van der Waals surface area contributed by atoms with Crippen molar-refractivity contribution in [1.29, 1.82) is 0 Å². The number of carbonyl (C=O) groups is 3. The Kier molecular flexibility index (Phi) is 9.82. The fourth-order valence-corrected chi connectivity index (χ4v) is 1.96. The highest BCUT2D eigenvalue weighted by molar-refractivity contribution is 9.09. The number of ether oxygens (including phenoxy) is 3. The Bertz CT molecular complexity index is 393. The van der Waals surface area contributed by atoms with Crippen LogP contribution in [0.2, 0.25) is 0 Å². The third-order valence-electron chi connectivity index (χ3n) is 2.55. The van der Waals surface area contributed by atoms with Crippen molar-refractivity contribution in [3.8, 4) is 0 Å². The van der Waals surface area contributed by atoms with Crippen molar-refractivity contribution in [2.75, 3.05) is 39.2 Å². The maximum absolute atomic E-state index is 11.8. The lowest BCUT2D eigenvalue weighted by atomic mass is 10.2. The van der Waals surface area contributed by atoms with Gasteiger partial charge in [0.2, 0.25) is 0 Å². The fraction of sp³-hybridized carbons (Fsp3) is 0.786. The third kappa shape index (κ3) is 10.9. The Morgan fingerprint density at radius 1 is 1.09 bits per heavy atom. The van der Waals surface area contributed by atoms with E-state index >= 15 is 0 Å². The average Bonchev–Trinajstić information content (AvgIpc) is 2.43. The number of amides is 1. The van der Waals surface area contributed by atoms with Gasteiger partial charge in [-0.15, -0.1) is 0 Å². The number of halogens is 1. The summed E-state index contributed by atoms with van der Waals surface area (Å²) in [6, 6.07) is -0.362. The smallest absolute Gasteiger partial charge is 0.407 e. The van der Waals surface area contributed by atoms with E-state index in [9.17, 15) is 14.4 Å². The topological polar surface area (TPSA) is 94.2 Å². The molecule has 0 heterocycles. The number of alkyl halides is 1. The molecule has 134 valence electrons. The molecule has 1 N–H and O–H groups in total. The van der Waals surface area contributed by atoms with Gasteiger partial charge < -0.3 is 19.5 Å². The predicted molar refractivity (Wildman–Crippen MR) is 87.4 cm³/mol. The quantitative estimate of drug-likeness (QED) is 0.370. The predicted octanol–water partition coefficient (Wildman–Crippen LogP) is 0.923. The van der Waals surface area contributed by atoms with Gasteiger partial charge in [0.25, 0.3) is 0 Å². The average molecular weight is 397 g/mol. The van der Waals surface area contributed by atoms with Gasteiger partial charge in [0.1, 0.15) is 5.60 Å². The molecule has 23 heavy (non-hydrogen) atoms. The number of carbonyl (C=O) groups excluding carboxylic acids is 3. The highest BCUT2D eigenvalue weighted by atomic mass is 79.9. The molecular weight excluding hydrogens is 372 g/mol. The third-order valence-corrected chi connectivity index (χ3v) is 3.33. The second kappa shape index (κ2) is 10.4. The first-order valence-electron chi connectivity index (χ1n) is 7.02. The molecule has 0 bridgehead atoms. The van der Waals surface area contributed by atoms with Gasteiger partial charge in [0.05, 0.1) is 33.4 Å². The van der Waals surface area contributed by atoms with Crippen molar-refractivity contribution in [2.45, 2.75) is 32.4 Å². The van der Waals surface area contributed by atoms with Gasteiger partial charge in [-0.3, -0.25) is 14.5 Å². The second-order valence-corrected chi connectivity index (χ2v) is 6.47. The molecule has 0 saturated heterocycles. The molecule has 1 unspecified atom stereocenters. The molecule has 0 radical (unpaired) electrons. The molecule has 0 spiro atoms. The SMILES string of the molecule is COC(=O)CN(CC(=O)OC)CC(CBr)NC(=O)OC(C)(C)C. The number of hydrogen-bond donors (Lipinski definition) is 1. The van der Waals surface area contributed by atoms with E-state index in [0.29, 0.717) is 5.33 Å². The van der Waals surface area contributed by atoms with Crippen molar-refractivity contribution in [1.82, 2.24) is 10.2 Å². The Hall–Kier alpha value is -1.35. The van der Waals surface area contributed by atoms with E-state index in [2.05, 4.69) is 30.7 Å². The van der Waals surface area contributed by atoms with E-state index in [1.165, 1.54) is 19.1 Å². The molecule has 1 atom stereocenters. The van der Waals surface area contributed by atoms with Crippen LogP contribution in [0.5, 0.6) is 0 Å². The summed E-state index contributed by atoms with van der Waals surface area (Å²) < 4.78 is 14.4. The van der Waals surface area contributed by atoms with Crippen LogP contribution in [-0.4, -0.2) is 73.8 Å². The largest absolute Gasteiger partial charge is 0.468 e. The van der Waals surface area contributed by atoms with Crippen LogP contribution in [0, 0.1) is 0 Å². The van der Waals surface area contributed by atoms with Crippen molar-refractivity contribution in [3.05, 3.63) is 0 Å². The highest BCUT2D eigenvalue weighted by Gasteiger charge is 2.23. The molecule has 9 heteroatoms. The summed E-state index contributed by atoms with van der Waals surface area (Å²) in [5.41, 5.74) is -0.612. The first-order chi connectivity index (χ1) is 10.6. The van der Waals surface area contributed by atoms with E-state index in [0.717, 1.165) is 0 Å². The van der Waals surface area contributed by atoms with Crippen molar-refractivity contribution in [3.63, 3.8) is 0 Å². The molecule has 0 aromatic rings. The van der Waals surface area contributed by atoms with Gasteiger partial charge in [-0.05, 0) is 20.8 Å². The van der Waals surface area contributed by atoms with Gasteiger partial charge in [-0.1, -0.05) is 15.9 Å². The Labute approximate surface area is 144 Å². The minimum atomic E-state index is -0.612. The van der Waals surface area contributed by atoms with Crippen LogP contribution < -0.4 is 5.32 Å². The Balaban J connectivity index is 4.73. The second-order valence-electron chi connectivity index (χ2n) is 5.82. The number of alkyl carbamates (subject to hydrolysis) is 1. The molecule has 0 rings (SSSR count). The zero-order chi connectivity index (χ0) is 18.0. The summed E-state index contributed by atoms with van der Waals surface area (Å²) >= 11 is 3.29. The van der Waals surface area contributed by atoms with Crippen LogP contribution in [-0.2, 0) is 23.8 Å². The van der Waals surface area contributed by atoms with Crippen LogP contribution >= 0.6 is 15.9 Å². The lowest BCUT2D eigenvalue weighted by molar-refractivity contribution is -0.145. The fourth-order valence-electron chi connectivity index (χ4n) is 1.60. The molecule has 0 aliphatic carbocycles. The molecule has 0 aromatic carbocycles. The van der Waals surface area contributed by atoms with Crippen LogP contribution in [0.1, 0.15) is 20.8 Å². The first-order valence-corrected chi connectivity index (χ1v) is 8.15. The highest BCUT2D eigenvalue weighted by Crippen LogP contribution is 2.07. The summed E-state index contributed by atoms with van der Waals surface area (Å²) in [6.07, 6.45) is -0.571. The molecule has 1 amide bonds. The molecular formula is C14H25BrN2O6. The van der Waals surface area contributed by atoms with Crippen molar-refractivity contribution in [2.24, 2.45) is 0 Å². The van der Waals surface area contributed by atoms with Crippen LogP contribution in [0.15, 0.2) is 0 Å². The summed E-state index contributed by atoms with van der Waals surface area (Å²) in [5.74, 6) is -0.973. The van der Waals surface area contributed by atoms with E-state index in [-0.39, 0.29) is 25.7 Å². The minimum absolute atomic E-state index is 0.0922. The lowest BCUT2D eigenvalue weighted by Gasteiger charge is -2.27. The summed E-state index contributed by atoms with van der Waals surface area (Å²) in [5, 5.41) is 3.10. The number of rotatable bonds is 8. The zero-order valence-corrected chi connectivity index (χ0v) is 15.8. The monoisotopic (exact) mass is 396 g/mol. The van der Waals surface area contributed by atoms with Gasteiger partial charge >= 0.3 is 18.0 Å². The lowest BCUT2D eigenvalue weighted by Crippen LogP contribution is -2.48. The standard InChI is InChI=1S/C14H25BrN2O6/c1-14(2,3)23-13(20)16-10(6-15)7-17(8-11(18)21-4)9-12(19)22-5/h10H,6-9H2,1-5H3,(H,16,20). The molecule has 0 saturated carbocycles. The van der Waals surface area contributed by atoms with Crippen LogP contribution in [0.3, 0.4) is 0 Å². The van der Waals surface area contributed by atoms with E-state index < -0.39 is 23.6 Å². The molecule has 0 aliphatic heterocycles. The molecule has 0 aromatic heterocycles. The molecule has 0 fully saturated rings. The Morgan fingerprint density at radius 2 is 1.57 bits per heavy atom. The minimum Gasteiger partial charge on any atom is -0.468 e. The number of nitrogens with zero attached hydrogens (tertiary/aromatic N) is 1. The number of esters is 2. The first kappa shape index (κ1) is 21.6. The van der Waals surface area contributed by atoms with Gasteiger partial charge in [-0.2, -0.15) is 0 Å². The maximum Gasteiger partial charge on any atom is 0.407 e. The molecule has 8 nitrogen and oxygen atoms in total. The van der Waals surface area contributed by atoms with E-state index in [4.69, 9.17) is 4.74 Å². The van der Waals surface area contributed by atoms with Crippen molar-refractivity contribution < 1.29 is 28.6 Å². The number of hydrogen-bond acceptors (Lipinski definition) is 7. The van der Waals surface area contributed by atoms with Crippen LogP contribution in [0.25, 0.3) is 0 Å².